The third-order valence-electron chi connectivity index (χ3n) is 3.77. The van der Waals surface area contributed by atoms with E-state index in [1.165, 1.54) is 18.3 Å². The standard InChI is InChI=1S/C17H13F5N4OS/c1-9-13(14-23-6-7-26(14)15(18)19)28-16(24-9)25-12(27)8-10-2-4-11(5-3-10)17(20,21)22/h2-7,15H,8H2,1H3,(H,24,25,27). The van der Waals surface area contributed by atoms with Gasteiger partial charge in [0.15, 0.2) is 11.0 Å². The van der Waals surface area contributed by atoms with E-state index in [4.69, 9.17) is 0 Å². The van der Waals surface area contributed by atoms with E-state index >= 15 is 0 Å². The van der Waals surface area contributed by atoms with Crippen LogP contribution in [0.3, 0.4) is 0 Å². The molecule has 3 rings (SSSR count). The minimum absolute atomic E-state index is 0.0354. The van der Waals surface area contributed by atoms with Crippen molar-refractivity contribution in [2.75, 3.05) is 5.32 Å². The number of thiazole rings is 1. The van der Waals surface area contributed by atoms with Crippen LogP contribution in [0.2, 0.25) is 0 Å². The number of hydrogen-bond donors (Lipinski definition) is 1. The molecule has 5 nitrogen and oxygen atoms in total. The van der Waals surface area contributed by atoms with Crippen molar-refractivity contribution in [2.24, 2.45) is 0 Å². The van der Waals surface area contributed by atoms with E-state index < -0.39 is 24.2 Å². The van der Waals surface area contributed by atoms with Crippen LogP contribution in [-0.4, -0.2) is 20.4 Å². The van der Waals surface area contributed by atoms with Crippen LogP contribution in [0.25, 0.3) is 10.7 Å². The quantitative estimate of drug-likeness (QED) is 0.602. The molecule has 0 aliphatic heterocycles. The van der Waals surface area contributed by atoms with Gasteiger partial charge in [0.25, 0.3) is 0 Å². The Labute approximate surface area is 159 Å². The van der Waals surface area contributed by atoms with Crippen LogP contribution in [0.5, 0.6) is 0 Å². The van der Waals surface area contributed by atoms with Gasteiger partial charge in [-0.15, -0.1) is 0 Å². The van der Waals surface area contributed by atoms with Gasteiger partial charge in [0.2, 0.25) is 5.91 Å². The lowest BCUT2D eigenvalue weighted by Gasteiger charge is -2.07. The van der Waals surface area contributed by atoms with E-state index in [-0.39, 0.29) is 17.4 Å². The zero-order chi connectivity index (χ0) is 20.5. The molecule has 11 heteroatoms. The molecule has 0 saturated carbocycles. The van der Waals surface area contributed by atoms with Crippen molar-refractivity contribution in [1.29, 1.82) is 0 Å². The highest BCUT2D eigenvalue weighted by atomic mass is 32.1. The van der Waals surface area contributed by atoms with E-state index in [1.54, 1.807) is 6.92 Å². The first-order chi connectivity index (χ1) is 13.1. The smallest absolute Gasteiger partial charge is 0.302 e. The van der Waals surface area contributed by atoms with Crippen molar-refractivity contribution < 1.29 is 26.7 Å². The molecule has 0 fully saturated rings. The number of rotatable bonds is 5. The molecule has 2 heterocycles. The number of alkyl halides is 5. The molecule has 0 saturated heterocycles. The Morgan fingerprint density at radius 3 is 2.54 bits per heavy atom. The number of carbonyl (C=O) groups is 1. The minimum atomic E-state index is -4.44. The second-order valence-electron chi connectivity index (χ2n) is 5.79. The molecule has 0 aliphatic carbocycles. The van der Waals surface area contributed by atoms with Gasteiger partial charge in [-0.2, -0.15) is 22.0 Å². The molecule has 0 unspecified atom stereocenters. The SMILES string of the molecule is Cc1nc(NC(=O)Cc2ccc(C(F)(F)F)cc2)sc1-c1nccn1C(F)F. The summed E-state index contributed by atoms with van der Waals surface area (Å²) in [5.41, 5.74) is 0.0153. The number of aromatic nitrogens is 3. The van der Waals surface area contributed by atoms with E-state index in [0.29, 0.717) is 20.7 Å². The van der Waals surface area contributed by atoms with Gasteiger partial charge in [-0.3, -0.25) is 9.36 Å². The maximum atomic E-state index is 13.0. The summed E-state index contributed by atoms with van der Waals surface area (Å²) in [5.74, 6) is -0.453. The lowest BCUT2D eigenvalue weighted by molar-refractivity contribution is -0.137. The number of carbonyl (C=O) groups excluding carboxylic acids is 1. The lowest BCUT2D eigenvalue weighted by atomic mass is 10.1. The van der Waals surface area contributed by atoms with Gasteiger partial charge in [-0.05, 0) is 24.6 Å². The van der Waals surface area contributed by atoms with Crippen molar-refractivity contribution in [1.82, 2.24) is 14.5 Å². The second kappa shape index (κ2) is 7.66. The van der Waals surface area contributed by atoms with Gasteiger partial charge < -0.3 is 5.32 Å². The molecule has 28 heavy (non-hydrogen) atoms. The Kier molecular flexibility index (Phi) is 5.45. The third kappa shape index (κ3) is 4.35. The zero-order valence-electron chi connectivity index (χ0n) is 14.3. The average Bonchev–Trinajstić information content (AvgIpc) is 3.20. The van der Waals surface area contributed by atoms with Crippen LogP contribution in [0.15, 0.2) is 36.7 Å². The van der Waals surface area contributed by atoms with Crippen molar-refractivity contribution in [3.05, 3.63) is 53.5 Å². The number of nitrogens with one attached hydrogen (secondary N) is 1. The molecular weight excluding hydrogens is 403 g/mol. The molecule has 0 bridgehead atoms. The fourth-order valence-electron chi connectivity index (χ4n) is 2.46. The Hall–Kier alpha value is -2.82. The lowest BCUT2D eigenvalue weighted by Crippen LogP contribution is -2.14. The molecule has 1 N–H and O–H groups in total. The number of hydrogen-bond acceptors (Lipinski definition) is 4. The maximum absolute atomic E-state index is 13.0. The topological polar surface area (TPSA) is 59.8 Å². The van der Waals surface area contributed by atoms with Crippen molar-refractivity contribution >= 4 is 22.4 Å². The first-order valence-electron chi connectivity index (χ1n) is 7.90. The first kappa shape index (κ1) is 19.9. The van der Waals surface area contributed by atoms with Crippen molar-refractivity contribution in [3.63, 3.8) is 0 Å². The molecule has 1 aromatic carbocycles. The molecule has 0 radical (unpaired) electrons. The van der Waals surface area contributed by atoms with E-state index in [0.717, 1.165) is 29.7 Å². The highest BCUT2D eigenvalue weighted by Gasteiger charge is 2.30. The fourth-order valence-corrected chi connectivity index (χ4v) is 3.45. The summed E-state index contributed by atoms with van der Waals surface area (Å²) in [6.07, 6.45) is -2.22. The van der Waals surface area contributed by atoms with Crippen LogP contribution >= 0.6 is 11.3 Å². The predicted octanol–water partition coefficient (Wildman–Crippen LogP) is 4.91. The number of amides is 1. The van der Waals surface area contributed by atoms with Crippen LogP contribution in [-0.2, 0) is 17.4 Å². The van der Waals surface area contributed by atoms with Gasteiger partial charge >= 0.3 is 12.7 Å². The molecule has 2 aromatic heterocycles. The van der Waals surface area contributed by atoms with Gasteiger partial charge in [0.05, 0.1) is 22.6 Å². The summed E-state index contributed by atoms with van der Waals surface area (Å²) < 4.78 is 64.4. The number of benzene rings is 1. The van der Waals surface area contributed by atoms with E-state index in [9.17, 15) is 26.7 Å². The second-order valence-corrected chi connectivity index (χ2v) is 6.79. The largest absolute Gasteiger partial charge is 0.416 e. The van der Waals surface area contributed by atoms with Gasteiger partial charge in [-0.1, -0.05) is 23.5 Å². The normalized spacial score (nSPS) is 11.8. The van der Waals surface area contributed by atoms with Crippen LogP contribution in [0.4, 0.5) is 27.1 Å². The molecule has 148 valence electrons. The van der Waals surface area contributed by atoms with E-state index in [1.807, 2.05) is 0 Å². The summed E-state index contributed by atoms with van der Waals surface area (Å²) in [6.45, 7) is -1.17. The Balaban J connectivity index is 1.71. The Morgan fingerprint density at radius 2 is 1.93 bits per heavy atom. The number of anilines is 1. The van der Waals surface area contributed by atoms with E-state index in [2.05, 4.69) is 15.3 Å². The maximum Gasteiger partial charge on any atom is 0.416 e. The zero-order valence-corrected chi connectivity index (χ0v) is 15.1. The summed E-state index contributed by atoms with van der Waals surface area (Å²) in [6, 6.07) is 4.25. The number of aryl methyl sites for hydroxylation is 1. The van der Waals surface area contributed by atoms with Crippen molar-refractivity contribution in [2.45, 2.75) is 26.1 Å². The molecule has 3 aromatic rings. The molecule has 1 amide bonds. The number of nitrogens with zero attached hydrogens (tertiary/aromatic N) is 3. The van der Waals surface area contributed by atoms with Gasteiger partial charge in [0, 0.05) is 12.4 Å². The minimum Gasteiger partial charge on any atom is -0.302 e. The molecule has 0 aliphatic rings. The van der Waals surface area contributed by atoms with Gasteiger partial charge in [0.1, 0.15) is 0 Å². The fraction of sp³-hybridized carbons (Fsp3) is 0.235. The van der Waals surface area contributed by atoms with Crippen molar-refractivity contribution in [3.8, 4) is 10.7 Å². The van der Waals surface area contributed by atoms with Crippen LogP contribution in [0.1, 0.15) is 23.4 Å². The summed E-state index contributed by atoms with van der Waals surface area (Å²) in [5, 5.41) is 2.72. The highest BCUT2D eigenvalue weighted by Crippen LogP contribution is 2.33. The molecule has 0 spiro atoms. The summed E-state index contributed by atoms with van der Waals surface area (Å²) in [4.78, 5) is 20.6. The third-order valence-corrected chi connectivity index (χ3v) is 4.84. The average molecular weight is 416 g/mol. The molecule has 0 atom stereocenters. The number of imidazole rings is 1. The van der Waals surface area contributed by atoms with Gasteiger partial charge in [-0.25, -0.2) is 9.97 Å². The monoisotopic (exact) mass is 416 g/mol. The summed E-state index contributed by atoms with van der Waals surface area (Å²) >= 11 is 0.985. The number of halogens is 5. The Bertz CT molecular complexity index is 978. The molecular formula is C17H13F5N4OS. The van der Waals surface area contributed by atoms with Crippen LogP contribution < -0.4 is 5.32 Å². The first-order valence-corrected chi connectivity index (χ1v) is 8.71. The predicted molar refractivity (Wildman–Crippen MR) is 93.1 cm³/mol. The Morgan fingerprint density at radius 1 is 1.25 bits per heavy atom. The summed E-state index contributed by atoms with van der Waals surface area (Å²) in [7, 11) is 0. The van der Waals surface area contributed by atoms with Crippen LogP contribution in [0, 0.1) is 6.92 Å². The highest BCUT2D eigenvalue weighted by molar-refractivity contribution is 7.19.